The zero-order valence-electron chi connectivity index (χ0n) is 18.3. The molecule has 168 valence electrons. The van der Waals surface area contributed by atoms with Gasteiger partial charge in [-0.1, -0.05) is 6.07 Å². The average molecular weight is 438 g/mol. The summed E-state index contributed by atoms with van der Waals surface area (Å²) < 4.78 is 5.38. The van der Waals surface area contributed by atoms with Crippen LogP contribution in [0, 0.1) is 13.8 Å². The standard InChI is InChI=1S/C23H27N5O4/c1-15-18(14-25-16(2)26-15)21(29)19-20(17-5-3-6-24-13-17)28(23(31)22(19)30)8-4-7-27-9-11-32-12-10-27/h3,5-6,13-14,20,29H,4,7-12H2,1-2H3/b21-19+/t20-/m1/s1. The second kappa shape index (κ2) is 9.54. The Balaban J connectivity index is 1.67. The Morgan fingerprint density at radius 2 is 1.97 bits per heavy atom. The van der Waals surface area contributed by atoms with Gasteiger partial charge < -0.3 is 14.7 Å². The predicted octanol–water partition coefficient (Wildman–Crippen LogP) is 1.63. The van der Waals surface area contributed by atoms with Crippen molar-refractivity contribution >= 4 is 17.4 Å². The number of likely N-dealkylation sites (tertiary alicyclic amines) is 1. The number of pyridine rings is 1. The Kier molecular flexibility index (Phi) is 6.57. The van der Waals surface area contributed by atoms with Gasteiger partial charge in [0.15, 0.2) is 0 Å². The number of carbonyl (C=O) groups excluding carboxylic acids is 2. The molecule has 2 aliphatic rings. The van der Waals surface area contributed by atoms with Gasteiger partial charge in [-0.2, -0.15) is 0 Å². The van der Waals surface area contributed by atoms with Crippen LogP contribution in [0.2, 0.25) is 0 Å². The minimum absolute atomic E-state index is 0.0462. The maximum atomic E-state index is 13.1. The van der Waals surface area contributed by atoms with E-state index < -0.39 is 17.7 Å². The van der Waals surface area contributed by atoms with Crippen molar-refractivity contribution in [2.75, 3.05) is 39.4 Å². The summed E-state index contributed by atoms with van der Waals surface area (Å²) in [4.78, 5) is 42.5. The van der Waals surface area contributed by atoms with E-state index in [2.05, 4.69) is 19.9 Å². The van der Waals surface area contributed by atoms with Gasteiger partial charge in [0, 0.05) is 44.8 Å². The molecule has 1 atom stereocenters. The molecule has 0 spiro atoms. The lowest BCUT2D eigenvalue weighted by Crippen LogP contribution is -2.39. The monoisotopic (exact) mass is 437 g/mol. The van der Waals surface area contributed by atoms with E-state index in [0.29, 0.717) is 48.8 Å². The number of aliphatic hydroxyl groups is 1. The largest absolute Gasteiger partial charge is 0.507 e. The van der Waals surface area contributed by atoms with Crippen LogP contribution in [0.15, 0.2) is 36.3 Å². The van der Waals surface area contributed by atoms with Crippen molar-refractivity contribution in [3.05, 3.63) is 58.9 Å². The number of amides is 1. The summed E-state index contributed by atoms with van der Waals surface area (Å²) >= 11 is 0. The quantitative estimate of drug-likeness (QED) is 0.413. The van der Waals surface area contributed by atoms with Crippen molar-refractivity contribution in [3.63, 3.8) is 0 Å². The third-order valence-corrected chi connectivity index (χ3v) is 5.87. The molecule has 0 aliphatic carbocycles. The first-order valence-corrected chi connectivity index (χ1v) is 10.8. The smallest absolute Gasteiger partial charge is 0.295 e. The van der Waals surface area contributed by atoms with Crippen LogP contribution in [-0.2, 0) is 14.3 Å². The number of ether oxygens (including phenoxy) is 1. The molecule has 0 aromatic carbocycles. The Morgan fingerprint density at radius 3 is 2.66 bits per heavy atom. The predicted molar refractivity (Wildman–Crippen MR) is 117 cm³/mol. The molecule has 0 saturated carbocycles. The number of aromatic nitrogens is 3. The van der Waals surface area contributed by atoms with Gasteiger partial charge in [-0.15, -0.1) is 0 Å². The molecule has 2 saturated heterocycles. The van der Waals surface area contributed by atoms with E-state index in [1.807, 2.05) is 6.07 Å². The Bertz CT molecular complexity index is 1030. The number of carbonyl (C=O) groups is 2. The molecule has 1 amide bonds. The minimum Gasteiger partial charge on any atom is -0.507 e. The van der Waals surface area contributed by atoms with Crippen molar-refractivity contribution in [1.82, 2.24) is 24.8 Å². The first-order chi connectivity index (χ1) is 15.5. The number of aryl methyl sites for hydroxylation is 2. The molecule has 32 heavy (non-hydrogen) atoms. The number of ketones is 1. The molecule has 9 heteroatoms. The van der Waals surface area contributed by atoms with Gasteiger partial charge in [-0.25, -0.2) is 9.97 Å². The van der Waals surface area contributed by atoms with Crippen LogP contribution in [-0.4, -0.2) is 80.9 Å². The van der Waals surface area contributed by atoms with Gasteiger partial charge >= 0.3 is 0 Å². The van der Waals surface area contributed by atoms with Gasteiger partial charge in [-0.05, 0) is 31.9 Å². The van der Waals surface area contributed by atoms with Crippen LogP contribution < -0.4 is 0 Å². The summed E-state index contributed by atoms with van der Waals surface area (Å²) in [6.07, 6.45) is 5.44. The number of hydrogen-bond acceptors (Lipinski definition) is 8. The molecule has 2 aromatic heterocycles. The first-order valence-electron chi connectivity index (χ1n) is 10.8. The summed E-state index contributed by atoms with van der Waals surface area (Å²) in [6, 6.07) is 2.85. The normalized spacial score (nSPS) is 21.3. The SMILES string of the molecule is Cc1ncc(/C(O)=C2\C(=O)C(=O)N(CCCN3CCOCC3)[C@@H]2c2cccnc2)c(C)n1. The fourth-order valence-electron chi connectivity index (χ4n) is 4.25. The minimum atomic E-state index is -0.714. The highest BCUT2D eigenvalue weighted by atomic mass is 16.5. The van der Waals surface area contributed by atoms with Crippen molar-refractivity contribution in [3.8, 4) is 0 Å². The highest BCUT2D eigenvalue weighted by Crippen LogP contribution is 2.39. The summed E-state index contributed by atoms with van der Waals surface area (Å²) in [5, 5.41) is 11.1. The molecule has 1 N–H and O–H groups in total. The van der Waals surface area contributed by atoms with Crippen LogP contribution in [0.25, 0.3) is 5.76 Å². The highest BCUT2D eigenvalue weighted by Gasteiger charge is 2.46. The summed E-state index contributed by atoms with van der Waals surface area (Å²) in [5.74, 6) is -1.02. The van der Waals surface area contributed by atoms with Gasteiger partial charge in [0.05, 0.1) is 36.1 Å². The van der Waals surface area contributed by atoms with Crippen LogP contribution in [0.1, 0.15) is 35.1 Å². The lowest BCUT2D eigenvalue weighted by Gasteiger charge is -2.29. The number of rotatable bonds is 6. The Morgan fingerprint density at radius 1 is 1.19 bits per heavy atom. The number of nitrogens with zero attached hydrogens (tertiary/aromatic N) is 5. The van der Waals surface area contributed by atoms with Crippen LogP contribution in [0.5, 0.6) is 0 Å². The van der Waals surface area contributed by atoms with Gasteiger partial charge in [0.2, 0.25) is 0 Å². The van der Waals surface area contributed by atoms with E-state index in [4.69, 9.17) is 4.74 Å². The van der Waals surface area contributed by atoms with Crippen LogP contribution >= 0.6 is 0 Å². The van der Waals surface area contributed by atoms with Crippen molar-refractivity contribution in [1.29, 1.82) is 0 Å². The molecular formula is C23H27N5O4. The van der Waals surface area contributed by atoms with Crippen molar-refractivity contribution in [2.45, 2.75) is 26.3 Å². The first kappa shape index (κ1) is 22.0. The van der Waals surface area contributed by atoms with E-state index in [0.717, 1.165) is 19.6 Å². The lowest BCUT2D eigenvalue weighted by atomic mass is 9.96. The summed E-state index contributed by atoms with van der Waals surface area (Å²) in [5.41, 5.74) is 1.60. The zero-order chi connectivity index (χ0) is 22.7. The van der Waals surface area contributed by atoms with E-state index in [1.54, 1.807) is 32.3 Å². The number of Topliss-reactive ketones (excluding diaryl/α,β-unsaturated/α-hetero) is 1. The molecule has 0 unspecified atom stereocenters. The van der Waals surface area contributed by atoms with Crippen LogP contribution in [0.4, 0.5) is 0 Å². The van der Waals surface area contributed by atoms with Gasteiger partial charge in [0.1, 0.15) is 11.6 Å². The maximum Gasteiger partial charge on any atom is 0.295 e. The Hall–Kier alpha value is -3.17. The molecule has 0 bridgehead atoms. The number of aliphatic hydroxyl groups excluding tert-OH is 1. The van der Waals surface area contributed by atoms with Crippen molar-refractivity contribution < 1.29 is 19.4 Å². The molecule has 4 heterocycles. The summed E-state index contributed by atoms with van der Waals surface area (Å²) in [6.45, 7) is 7.81. The van der Waals surface area contributed by atoms with Gasteiger partial charge in [0.25, 0.3) is 11.7 Å². The summed E-state index contributed by atoms with van der Waals surface area (Å²) in [7, 11) is 0. The van der Waals surface area contributed by atoms with E-state index >= 15 is 0 Å². The van der Waals surface area contributed by atoms with Crippen molar-refractivity contribution in [2.24, 2.45) is 0 Å². The second-order valence-electron chi connectivity index (χ2n) is 8.00. The molecule has 0 radical (unpaired) electrons. The zero-order valence-corrected chi connectivity index (χ0v) is 18.3. The molecule has 2 aliphatic heterocycles. The molecule has 2 aromatic rings. The molecule has 2 fully saturated rings. The highest BCUT2D eigenvalue weighted by molar-refractivity contribution is 6.46. The number of morpholine rings is 1. The van der Waals surface area contributed by atoms with Crippen LogP contribution in [0.3, 0.4) is 0 Å². The van der Waals surface area contributed by atoms with E-state index in [9.17, 15) is 14.7 Å². The number of hydrogen-bond donors (Lipinski definition) is 1. The van der Waals surface area contributed by atoms with Gasteiger partial charge in [-0.3, -0.25) is 19.5 Å². The van der Waals surface area contributed by atoms with E-state index in [1.165, 1.54) is 11.1 Å². The second-order valence-corrected chi connectivity index (χ2v) is 8.00. The topological polar surface area (TPSA) is 109 Å². The molecular weight excluding hydrogens is 410 g/mol. The fourth-order valence-corrected chi connectivity index (χ4v) is 4.25. The fraction of sp³-hybridized carbons (Fsp3) is 0.435. The maximum absolute atomic E-state index is 13.1. The Labute approximate surface area is 186 Å². The third-order valence-electron chi connectivity index (χ3n) is 5.87. The molecule has 9 nitrogen and oxygen atoms in total. The molecule has 4 rings (SSSR count). The lowest BCUT2D eigenvalue weighted by molar-refractivity contribution is -0.140. The third kappa shape index (κ3) is 4.39. The average Bonchev–Trinajstić information content (AvgIpc) is 3.05. The van der Waals surface area contributed by atoms with E-state index in [-0.39, 0.29) is 11.3 Å².